The Morgan fingerprint density at radius 2 is 1.47 bits per heavy atom. The molecular formula is C24H27N3O5. The standard InChI is InChI=1S/C24H27N3O5/c1-29-20-7-5-17(12-21(20)30-2)19-6-8-24(28)27(25-19)15-26-10-9-16-11-22(31-3)23(32-4)13-18(16)14-26/h5-8,11-13H,9-10,14-15H2,1-4H3. The Hall–Kier alpha value is -3.52. The first-order valence-corrected chi connectivity index (χ1v) is 10.3. The number of hydrogen-bond donors (Lipinski definition) is 0. The smallest absolute Gasteiger partial charge is 0.268 e. The lowest BCUT2D eigenvalue weighted by Crippen LogP contribution is -2.37. The fourth-order valence-electron chi connectivity index (χ4n) is 3.95. The minimum absolute atomic E-state index is 0.146. The van der Waals surface area contributed by atoms with Crippen molar-refractivity contribution in [1.82, 2.24) is 14.7 Å². The molecule has 8 heteroatoms. The third kappa shape index (κ3) is 4.27. The van der Waals surface area contributed by atoms with Gasteiger partial charge in [-0.05, 0) is 53.9 Å². The van der Waals surface area contributed by atoms with Crippen molar-refractivity contribution in [2.75, 3.05) is 35.0 Å². The number of hydrogen-bond acceptors (Lipinski definition) is 7. The molecule has 2 aromatic carbocycles. The second-order valence-electron chi connectivity index (χ2n) is 7.55. The van der Waals surface area contributed by atoms with Gasteiger partial charge in [0.25, 0.3) is 5.56 Å². The van der Waals surface area contributed by atoms with Crippen LogP contribution < -0.4 is 24.5 Å². The number of benzene rings is 2. The van der Waals surface area contributed by atoms with Crippen LogP contribution in [0.4, 0.5) is 0 Å². The van der Waals surface area contributed by atoms with Crippen LogP contribution in [0.3, 0.4) is 0 Å². The molecule has 0 atom stereocenters. The van der Waals surface area contributed by atoms with E-state index in [2.05, 4.69) is 10.00 Å². The van der Waals surface area contributed by atoms with Crippen molar-refractivity contribution in [3.8, 4) is 34.3 Å². The molecular weight excluding hydrogens is 410 g/mol. The highest BCUT2D eigenvalue weighted by Crippen LogP contribution is 2.33. The Morgan fingerprint density at radius 1 is 0.812 bits per heavy atom. The monoisotopic (exact) mass is 437 g/mol. The molecule has 1 aliphatic rings. The van der Waals surface area contributed by atoms with E-state index < -0.39 is 0 Å². The van der Waals surface area contributed by atoms with E-state index >= 15 is 0 Å². The second kappa shape index (κ2) is 9.32. The maximum absolute atomic E-state index is 12.5. The average molecular weight is 437 g/mol. The van der Waals surface area contributed by atoms with Crippen molar-refractivity contribution < 1.29 is 18.9 Å². The van der Waals surface area contributed by atoms with Crippen LogP contribution in [0.25, 0.3) is 11.3 Å². The van der Waals surface area contributed by atoms with Gasteiger partial charge in [-0.3, -0.25) is 9.69 Å². The van der Waals surface area contributed by atoms with E-state index in [-0.39, 0.29) is 5.56 Å². The summed E-state index contributed by atoms with van der Waals surface area (Å²) in [6.07, 6.45) is 0.861. The van der Waals surface area contributed by atoms with Gasteiger partial charge in [0, 0.05) is 24.7 Å². The maximum Gasteiger partial charge on any atom is 0.268 e. The molecule has 4 rings (SSSR count). The Morgan fingerprint density at radius 3 is 2.16 bits per heavy atom. The molecule has 0 saturated carbocycles. The normalized spacial score (nSPS) is 13.4. The van der Waals surface area contributed by atoms with E-state index in [1.54, 1.807) is 40.6 Å². The molecule has 168 valence electrons. The largest absolute Gasteiger partial charge is 0.493 e. The van der Waals surface area contributed by atoms with Crippen molar-refractivity contribution in [3.05, 3.63) is 63.9 Å². The molecule has 0 saturated heterocycles. The lowest BCUT2D eigenvalue weighted by atomic mass is 9.99. The molecule has 0 fully saturated rings. The van der Waals surface area contributed by atoms with Crippen LogP contribution in [0.1, 0.15) is 11.1 Å². The van der Waals surface area contributed by atoms with Gasteiger partial charge in [-0.2, -0.15) is 5.10 Å². The zero-order chi connectivity index (χ0) is 22.7. The van der Waals surface area contributed by atoms with Gasteiger partial charge in [-0.1, -0.05) is 0 Å². The molecule has 0 bridgehead atoms. The van der Waals surface area contributed by atoms with E-state index in [0.717, 1.165) is 29.8 Å². The van der Waals surface area contributed by atoms with E-state index in [9.17, 15) is 4.79 Å². The van der Waals surface area contributed by atoms with Gasteiger partial charge in [0.15, 0.2) is 23.0 Å². The molecule has 1 aromatic heterocycles. The van der Waals surface area contributed by atoms with Gasteiger partial charge in [0.05, 0.1) is 40.8 Å². The second-order valence-corrected chi connectivity index (χ2v) is 7.55. The first-order chi connectivity index (χ1) is 15.6. The Balaban J connectivity index is 1.58. The van der Waals surface area contributed by atoms with Crippen LogP contribution in [0.15, 0.2) is 47.3 Å². The predicted octanol–water partition coefficient (Wildman–Crippen LogP) is 2.96. The number of nitrogens with zero attached hydrogens (tertiary/aromatic N) is 3. The summed E-state index contributed by atoms with van der Waals surface area (Å²) in [4.78, 5) is 14.7. The summed E-state index contributed by atoms with van der Waals surface area (Å²) in [7, 11) is 6.46. The highest BCUT2D eigenvalue weighted by molar-refractivity contribution is 5.63. The maximum atomic E-state index is 12.5. The fraction of sp³-hybridized carbons (Fsp3) is 0.333. The molecule has 0 N–H and O–H groups in total. The summed E-state index contributed by atoms with van der Waals surface area (Å²) < 4.78 is 23.1. The quantitative estimate of drug-likeness (QED) is 0.563. The highest BCUT2D eigenvalue weighted by Gasteiger charge is 2.20. The fourth-order valence-corrected chi connectivity index (χ4v) is 3.95. The van der Waals surface area contributed by atoms with Crippen LogP contribution in [0.5, 0.6) is 23.0 Å². The van der Waals surface area contributed by atoms with Crippen LogP contribution in [0, 0.1) is 0 Å². The van der Waals surface area contributed by atoms with Gasteiger partial charge in [-0.25, -0.2) is 4.68 Å². The molecule has 32 heavy (non-hydrogen) atoms. The number of methoxy groups -OCH3 is 4. The number of aromatic nitrogens is 2. The van der Waals surface area contributed by atoms with Crippen molar-refractivity contribution in [2.45, 2.75) is 19.6 Å². The molecule has 2 heterocycles. The van der Waals surface area contributed by atoms with E-state index in [1.807, 2.05) is 30.3 Å². The summed E-state index contributed by atoms with van der Waals surface area (Å²) in [6.45, 7) is 1.91. The van der Waals surface area contributed by atoms with Gasteiger partial charge in [-0.15, -0.1) is 0 Å². The summed E-state index contributed by atoms with van der Waals surface area (Å²) in [5.74, 6) is 2.70. The van der Waals surface area contributed by atoms with Gasteiger partial charge < -0.3 is 18.9 Å². The molecule has 0 amide bonds. The zero-order valence-electron chi connectivity index (χ0n) is 18.8. The van der Waals surface area contributed by atoms with Crippen LogP contribution >= 0.6 is 0 Å². The average Bonchev–Trinajstić information content (AvgIpc) is 2.83. The molecule has 0 spiro atoms. The van der Waals surface area contributed by atoms with Crippen LogP contribution in [-0.2, 0) is 19.6 Å². The van der Waals surface area contributed by atoms with Crippen LogP contribution in [0.2, 0.25) is 0 Å². The summed E-state index contributed by atoms with van der Waals surface area (Å²) >= 11 is 0. The molecule has 0 radical (unpaired) electrons. The number of fused-ring (bicyclic) bond motifs is 1. The molecule has 0 aliphatic carbocycles. The number of rotatable bonds is 7. The van der Waals surface area contributed by atoms with E-state index in [1.165, 1.54) is 10.2 Å². The minimum atomic E-state index is -0.146. The Kier molecular flexibility index (Phi) is 6.32. The van der Waals surface area contributed by atoms with Crippen LogP contribution in [-0.4, -0.2) is 49.7 Å². The Bertz CT molecular complexity index is 1170. The third-order valence-corrected chi connectivity index (χ3v) is 5.68. The van der Waals surface area contributed by atoms with Gasteiger partial charge >= 0.3 is 0 Å². The first kappa shape index (κ1) is 21.7. The lowest BCUT2D eigenvalue weighted by Gasteiger charge is -2.29. The summed E-state index contributed by atoms with van der Waals surface area (Å²) in [5, 5.41) is 4.61. The van der Waals surface area contributed by atoms with Crippen molar-refractivity contribution >= 4 is 0 Å². The minimum Gasteiger partial charge on any atom is -0.493 e. The highest BCUT2D eigenvalue weighted by atomic mass is 16.5. The van der Waals surface area contributed by atoms with Gasteiger partial charge in [0.1, 0.15) is 0 Å². The number of ether oxygens (including phenoxy) is 4. The molecule has 8 nitrogen and oxygen atoms in total. The lowest BCUT2D eigenvalue weighted by molar-refractivity contribution is 0.185. The van der Waals surface area contributed by atoms with Crippen molar-refractivity contribution in [2.24, 2.45) is 0 Å². The van der Waals surface area contributed by atoms with Crippen molar-refractivity contribution in [3.63, 3.8) is 0 Å². The molecule has 0 unspecified atom stereocenters. The SMILES string of the molecule is COc1ccc(-c2ccc(=O)n(CN3CCc4cc(OC)c(OC)cc4C3)n2)cc1OC. The molecule has 1 aliphatic heterocycles. The Labute approximate surface area is 186 Å². The summed E-state index contributed by atoms with van der Waals surface area (Å²) in [6, 6.07) is 12.9. The van der Waals surface area contributed by atoms with Gasteiger partial charge in [0.2, 0.25) is 0 Å². The van der Waals surface area contributed by atoms with E-state index in [4.69, 9.17) is 18.9 Å². The zero-order valence-corrected chi connectivity index (χ0v) is 18.8. The molecule has 3 aromatic rings. The third-order valence-electron chi connectivity index (χ3n) is 5.68. The first-order valence-electron chi connectivity index (χ1n) is 10.3. The summed E-state index contributed by atoms with van der Waals surface area (Å²) in [5.41, 5.74) is 3.79. The van der Waals surface area contributed by atoms with E-state index in [0.29, 0.717) is 36.2 Å². The topological polar surface area (TPSA) is 75.1 Å². The predicted molar refractivity (Wildman–Crippen MR) is 121 cm³/mol. The van der Waals surface area contributed by atoms with Crippen molar-refractivity contribution in [1.29, 1.82) is 0 Å².